The number of hydrogen-bond donors (Lipinski definition) is 1. The van der Waals surface area contributed by atoms with Gasteiger partial charge in [-0.2, -0.15) is 0 Å². The largest absolute Gasteiger partial charge is 0.312 e. The van der Waals surface area contributed by atoms with Gasteiger partial charge in [0.05, 0.1) is 0 Å². The third-order valence-electron chi connectivity index (χ3n) is 4.29. The minimum atomic E-state index is 0.992. The summed E-state index contributed by atoms with van der Waals surface area (Å²) >= 11 is 0. The summed E-state index contributed by atoms with van der Waals surface area (Å²) in [5.74, 6) is 0.992. The van der Waals surface area contributed by atoms with Crippen LogP contribution in [0.5, 0.6) is 0 Å². The standard InChI is InChI=1S/C16H24N2/c1-2-18(11-13-6-7-13)12-15-5-3-4-14-10-17-9-8-16(14)15/h3-5,13,17H,2,6-12H2,1H3. The lowest BCUT2D eigenvalue weighted by atomic mass is 9.95. The van der Waals surface area contributed by atoms with Gasteiger partial charge in [0.1, 0.15) is 0 Å². The van der Waals surface area contributed by atoms with Crippen molar-refractivity contribution in [2.24, 2.45) is 5.92 Å². The third kappa shape index (κ3) is 2.76. The maximum atomic E-state index is 3.46. The van der Waals surface area contributed by atoms with Gasteiger partial charge in [0.15, 0.2) is 0 Å². The molecule has 98 valence electrons. The van der Waals surface area contributed by atoms with Gasteiger partial charge in [-0.15, -0.1) is 0 Å². The van der Waals surface area contributed by atoms with E-state index in [0.717, 1.165) is 25.6 Å². The number of nitrogens with one attached hydrogen (secondary N) is 1. The predicted molar refractivity (Wildman–Crippen MR) is 75.5 cm³/mol. The van der Waals surface area contributed by atoms with E-state index in [1.54, 1.807) is 11.1 Å². The first-order valence-corrected chi connectivity index (χ1v) is 7.39. The average Bonchev–Trinajstić information content (AvgIpc) is 3.22. The molecule has 1 fully saturated rings. The highest BCUT2D eigenvalue weighted by atomic mass is 15.1. The normalized spacial score (nSPS) is 19.0. The maximum absolute atomic E-state index is 3.46. The molecule has 0 unspecified atom stereocenters. The Morgan fingerprint density at radius 3 is 3.00 bits per heavy atom. The van der Waals surface area contributed by atoms with Crippen LogP contribution in [0.15, 0.2) is 18.2 Å². The quantitative estimate of drug-likeness (QED) is 0.856. The van der Waals surface area contributed by atoms with Gasteiger partial charge in [-0.1, -0.05) is 25.1 Å². The van der Waals surface area contributed by atoms with Crippen LogP contribution in [-0.2, 0) is 19.5 Å². The van der Waals surface area contributed by atoms with Crippen molar-refractivity contribution in [3.8, 4) is 0 Å². The van der Waals surface area contributed by atoms with E-state index < -0.39 is 0 Å². The molecule has 1 N–H and O–H groups in total. The van der Waals surface area contributed by atoms with Crippen LogP contribution in [0.2, 0.25) is 0 Å². The molecule has 0 spiro atoms. The Morgan fingerprint density at radius 1 is 1.33 bits per heavy atom. The first-order chi connectivity index (χ1) is 8.86. The molecular weight excluding hydrogens is 220 g/mol. The Bertz CT molecular complexity index is 410. The van der Waals surface area contributed by atoms with Gasteiger partial charge in [0.25, 0.3) is 0 Å². The Balaban J connectivity index is 1.74. The molecule has 1 heterocycles. The SMILES string of the molecule is CCN(Cc1cccc2c1CCNC2)CC1CC1. The fourth-order valence-electron chi connectivity index (χ4n) is 2.97. The Hall–Kier alpha value is -0.860. The second kappa shape index (κ2) is 5.41. The highest BCUT2D eigenvalue weighted by Gasteiger charge is 2.24. The summed E-state index contributed by atoms with van der Waals surface area (Å²) in [5.41, 5.74) is 4.70. The summed E-state index contributed by atoms with van der Waals surface area (Å²) in [6, 6.07) is 6.84. The first kappa shape index (κ1) is 12.2. The summed E-state index contributed by atoms with van der Waals surface area (Å²) in [5, 5.41) is 3.46. The van der Waals surface area contributed by atoms with E-state index in [4.69, 9.17) is 0 Å². The summed E-state index contributed by atoms with van der Waals surface area (Å²) in [4.78, 5) is 2.62. The minimum Gasteiger partial charge on any atom is -0.312 e. The summed E-state index contributed by atoms with van der Waals surface area (Å²) in [6.07, 6.45) is 4.10. The minimum absolute atomic E-state index is 0.992. The number of rotatable bonds is 5. The Morgan fingerprint density at radius 2 is 2.22 bits per heavy atom. The van der Waals surface area contributed by atoms with Gasteiger partial charge in [0, 0.05) is 19.6 Å². The van der Waals surface area contributed by atoms with Gasteiger partial charge in [-0.25, -0.2) is 0 Å². The second-order valence-electron chi connectivity index (χ2n) is 5.75. The van der Waals surface area contributed by atoms with Crippen molar-refractivity contribution in [1.29, 1.82) is 0 Å². The predicted octanol–water partition coefficient (Wildman–Crippen LogP) is 2.56. The van der Waals surface area contributed by atoms with Crippen molar-refractivity contribution >= 4 is 0 Å². The van der Waals surface area contributed by atoms with Crippen molar-refractivity contribution < 1.29 is 0 Å². The molecule has 2 aliphatic rings. The molecule has 1 aromatic carbocycles. The van der Waals surface area contributed by atoms with Gasteiger partial charge in [-0.05, 0) is 55.0 Å². The Kier molecular flexibility index (Phi) is 3.67. The van der Waals surface area contributed by atoms with Crippen LogP contribution < -0.4 is 5.32 Å². The second-order valence-corrected chi connectivity index (χ2v) is 5.75. The number of fused-ring (bicyclic) bond motifs is 1. The number of hydrogen-bond acceptors (Lipinski definition) is 2. The van der Waals surface area contributed by atoms with E-state index in [1.165, 1.54) is 37.9 Å². The first-order valence-electron chi connectivity index (χ1n) is 7.39. The van der Waals surface area contributed by atoms with Gasteiger partial charge < -0.3 is 5.32 Å². The molecule has 1 aliphatic heterocycles. The van der Waals surface area contributed by atoms with Crippen LogP contribution in [0, 0.1) is 5.92 Å². The van der Waals surface area contributed by atoms with Crippen LogP contribution in [0.4, 0.5) is 0 Å². The van der Waals surface area contributed by atoms with E-state index in [2.05, 4.69) is 35.3 Å². The van der Waals surface area contributed by atoms with Gasteiger partial charge in [-0.3, -0.25) is 4.90 Å². The molecule has 3 rings (SSSR count). The van der Waals surface area contributed by atoms with E-state index >= 15 is 0 Å². The smallest absolute Gasteiger partial charge is 0.0236 e. The number of benzene rings is 1. The molecule has 2 nitrogen and oxygen atoms in total. The molecule has 1 saturated carbocycles. The molecule has 0 bridgehead atoms. The topological polar surface area (TPSA) is 15.3 Å². The lowest BCUT2D eigenvalue weighted by Crippen LogP contribution is -2.28. The van der Waals surface area contributed by atoms with Crippen LogP contribution in [-0.4, -0.2) is 24.5 Å². The van der Waals surface area contributed by atoms with Crippen molar-refractivity contribution in [3.05, 3.63) is 34.9 Å². The molecule has 1 aromatic rings. The van der Waals surface area contributed by atoms with Crippen molar-refractivity contribution in [2.75, 3.05) is 19.6 Å². The summed E-state index contributed by atoms with van der Waals surface area (Å²) in [7, 11) is 0. The van der Waals surface area contributed by atoms with Crippen LogP contribution >= 0.6 is 0 Å². The van der Waals surface area contributed by atoms with Crippen molar-refractivity contribution in [1.82, 2.24) is 10.2 Å². The fourth-order valence-corrected chi connectivity index (χ4v) is 2.97. The zero-order valence-electron chi connectivity index (χ0n) is 11.4. The monoisotopic (exact) mass is 244 g/mol. The zero-order valence-corrected chi connectivity index (χ0v) is 11.4. The molecule has 1 aliphatic carbocycles. The lowest BCUT2D eigenvalue weighted by molar-refractivity contribution is 0.267. The Labute approximate surface area is 110 Å². The highest BCUT2D eigenvalue weighted by molar-refractivity contribution is 5.37. The lowest BCUT2D eigenvalue weighted by Gasteiger charge is -2.25. The zero-order chi connectivity index (χ0) is 12.4. The molecule has 18 heavy (non-hydrogen) atoms. The van der Waals surface area contributed by atoms with E-state index in [-0.39, 0.29) is 0 Å². The average molecular weight is 244 g/mol. The molecule has 0 aromatic heterocycles. The summed E-state index contributed by atoms with van der Waals surface area (Å²) < 4.78 is 0. The molecule has 2 heteroatoms. The fraction of sp³-hybridized carbons (Fsp3) is 0.625. The van der Waals surface area contributed by atoms with E-state index in [0.29, 0.717) is 0 Å². The van der Waals surface area contributed by atoms with Crippen LogP contribution in [0.25, 0.3) is 0 Å². The summed E-state index contributed by atoms with van der Waals surface area (Å²) in [6.45, 7) is 8.11. The molecule has 0 saturated heterocycles. The molecule has 0 radical (unpaired) electrons. The molecular formula is C16H24N2. The molecule has 0 atom stereocenters. The maximum Gasteiger partial charge on any atom is 0.0236 e. The number of nitrogens with zero attached hydrogens (tertiary/aromatic N) is 1. The van der Waals surface area contributed by atoms with E-state index in [1.807, 2.05) is 0 Å². The van der Waals surface area contributed by atoms with Crippen molar-refractivity contribution in [2.45, 2.75) is 39.3 Å². The van der Waals surface area contributed by atoms with Gasteiger partial charge in [0.2, 0.25) is 0 Å². The van der Waals surface area contributed by atoms with E-state index in [9.17, 15) is 0 Å². The van der Waals surface area contributed by atoms with Gasteiger partial charge >= 0.3 is 0 Å². The van der Waals surface area contributed by atoms with Crippen LogP contribution in [0.1, 0.15) is 36.5 Å². The highest BCUT2D eigenvalue weighted by Crippen LogP contribution is 2.30. The third-order valence-corrected chi connectivity index (χ3v) is 4.29. The van der Waals surface area contributed by atoms with Crippen LogP contribution in [0.3, 0.4) is 0 Å². The molecule has 0 amide bonds. The van der Waals surface area contributed by atoms with Crippen molar-refractivity contribution in [3.63, 3.8) is 0 Å².